The fraction of sp³-hybridized carbons (Fsp3) is 0.786. The number of anilines is 1. The summed E-state index contributed by atoms with van der Waals surface area (Å²) < 4.78 is 2.30. The Hall–Kier alpha value is -1.03. The van der Waals surface area contributed by atoms with E-state index in [4.69, 9.17) is 10.7 Å². The summed E-state index contributed by atoms with van der Waals surface area (Å²) in [5, 5.41) is 0. The van der Waals surface area contributed by atoms with Crippen molar-refractivity contribution in [1.29, 1.82) is 0 Å². The zero-order valence-corrected chi connectivity index (χ0v) is 11.9. The Morgan fingerprint density at radius 3 is 2.83 bits per heavy atom. The van der Waals surface area contributed by atoms with Gasteiger partial charge in [-0.2, -0.15) is 0 Å². The maximum atomic E-state index is 5.92. The first kappa shape index (κ1) is 13.4. The second-order valence-corrected chi connectivity index (χ2v) is 5.47. The van der Waals surface area contributed by atoms with Gasteiger partial charge >= 0.3 is 0 Å². The van der Waals surface area contributed by atoms with E-state index in [1.807, 2.05) is 0 Å². The molecule has 1 aromatic heterocycles. The SMILES string of the molecule is CCc1cn(C(C)C)c(N2CCCCC2CN)n1. The third-order valence-corrected chi connectivity index (χ3v) is 3.84. The third-order valence-electron chi connectivity index (χ3n) is 3.84. The summed E-state index contributed by atoms with van der Waals surface area (Å²) in [6.45, 7) is 8.41. The Balaban J connectivity index is 2.32. The first-order chi connectivity index (χ1) is 8.67. The molecule has 2 N–H and O–H groups in total. The molecule has 0 radical (unpaired) electrons. The van der Waals surface area contributed by atoms with Gasteiger partial charge in [0, 0.05) is 31.4 Å². The predicted octanol–water partition coefficient (Wildman–Crippen LogP) is 2.34. The monoisotopic (exact) mass is 250 g/mol. The second kappa shape index (κ2) is 5.74. The van der Waals surface area contributed by atoms with Crippen LogP contribution in [0.5, 0.6) is 0 Å². The van der Waals surface area contributed by atoms with Crippen LogP contribution < -0.4 is 10.6 Å². The van der Waals surface area contributed by atoms with Gasteiger partial charge in [-0.1, -0.05) is 6.92 Å². The van der Waals surface area contributed by atoms with E-state index in [-0.39, 0.29) is 0 Å². The van der Waals surface area contributed by atoms with Gasteiger partial charge in [0.15, 0.2) is 0 Å². The van der Waals surface area contributed by atoms with Gasteiger partial charge in [-0.3, -0.25) is 0 Å². The van der Waals surface area contributed by atoms with E-state index < -0.39 is 0 Å². The molecule has 2 rings (SSSR count). The van der Waals surface area contributed by atoms with Gasteiger partial charge in [-0.05, 0) is 39.5 Å². The van der Waals surface area contributed by atoms with Crippen LogP contribution in [-0.4, -0.2) is 28.7 Å². The van der Waals surface area contributed by atoms with Crippen molar-refractivity contribution in [3.63, 3.8) is 0 Å². The van der Waals surface area contributed by atoms with E-state index in [9.17, 15) is 0 Å². The molecule has 0 aliphatic carbocycles. The van der Waals surface area contributed by atoms with Gasteiger partial charge in [0.1, 0.15) is 0 Å². The molecule has 0 saturated carbocycles. The van der Waals surface area contributed by atoms with Gasteiger partial charge in [0.25, 0.3) is 0 Å². The van der Waals surface area contributed by atoms with Gasteiger partial charge < -0.3 is 15.2 Å². The summed E-state index contributed by atoms with van der Waals surface area (Å²) in [4.78, 5) is 7.22. The van der Waals surface area contributed by atoms with Crippen molar-refractivity contribution in [1.82, 2.24) is 9.55 Å². The van der Waals surface area contributed by atoms with Gasteiger partial charge in [0.2, 0.25) is 5.95 Å². The lowest BCUT2D eigenvalue weighted by molar-refractivity contribution is 0.445. The van der Waals surface area contributed by atoms with Crippen molar-refractivity contribution in [2.75, 3.05) is 18.0 Å². The van der Waals surface area contributed by atoms with Crippen LogP contribution in [0.1, 0.15) is 51.8 Å². The summed E-state index contributed by atoms with van der Waals surface area (Å²) in [5.41, 5.74) is 7.10. The molecule has 18 heavy (non-hydrogen) atoms. The summed E-state index contributed by atoms with van der Waals surface area (Å²) in [5.74, 6) is 1.12. The van der Waals surface area contributed by atoms with Crippen LogP contribution >= 0.6 is 0 Å². The fourth-order valence-electron chi connectivity index (χ4n) is 2.71. The normalized spacial score (nSPS) is 20.7. The van der Waals surface area contributed by atoms with Crippen molar-refractivity contribution in [3.05, 3.63) is 11.9 Å². The number of nitrogens with two attached hydrogens (primary N) is 1. The zero-order chi connectivity index (χ0) is 13.1. The minimum atomic E-state index is 0.452. The standard InChI is InChI=1S/C14H26N4/c1-4-12-10-18(11(2)3)14(16-12)17-8-6-5-7-13(17)9-15/h10-11,13H,4-9,15H2,1-3H3. The van der Waals surface area contributed by atoms with Gasteiger partial charge in [-0.25, -0.2) is 4.98 Å². The molecule has 1 atom stereocenters. The molecule has 1 unspecified atom stereocenters. The summed E-state index contributed by atoms with van der Waals surface area (Å²) >= 11 is 0. The number of aryl methyl sites for hydroxylation is 1. The first-order valence-electron chi connectivity index (χ1n) is 7.21. The highest BCUT2D eigenvalue weighted by molar-refractivity contribution is 5.36. The van der Waals surface area contributed by atoms with Crippen molar-refractivity contribution in [2.24, 2.45) is 5.73 Å². The van der Waals surface area contributed by atoms with Crippen LogP contribution in [-0.2, 0) is 6.42 Å². The number of hydrogen-bond donors (Lipinski definition) is 1. The predicted molar refractivity (Wildman–Crippen MR) is 76.0 cm³/mol. The molecule has 1 aromatic rings. The number of aromatic nitrogens is 2. The number of rotatable bonds is 4. The zero-order valence-electron chi connectivity index (χ0n) is 11.9. The highest BCUT2D eigenvalue weighted by Crippen LogP contribution is 2.26. The summed E-state index contributed by atoms with van der Waals surface area (Å²) in [6, 6.07) is 0.913. The highest BCUT2D eigenvalue weighted by atomic mass is 15.3. The Bertz CT molecular complexity index is 383. The van der Waals surface area contributed by atoms with Crippen molar-refractivity contribution < 1.29 is 0 Å². The molecular formula is C14H26N4. The molecule has 1 aliphatic heterocycles. The molecule has 1 aliphatic rings. The van der Waals surface area contributed by atoms with Crippen LogP contribution in [0.25, 0.3) is 0 Å². The van der Waals surface area contributed by atoms with Crippen LogP contribution in [0, 0.1) is 0 Å². The molecule has 4 heteroatoms. The molecule has 2 heterocycles. The second-order valence-electron chi connectivity index (χ2n) is 5.47. The highest BCUT2D eigenvalue weighted by Gasteiger charge is 2.25. The smallest absolute Gasteiger partial charge is 0.206 e. The van der Waals surface area contributed by atoms with E-state index in [0.29, 0.717) is 12.1 Å². The van der Waals surface area contributed by atoms with E-state index in [0.717, 1.165) is 25.5 Å². The summed E-state index contributed by atoms with van der Waals surface area (Å²) in [7, 11) is 0. The number of nitrogens with zero attached hydrogens (tertiary/aromatic N) is 3. The Labute approximate surface area is 110 Å². The van der Waals surface area contributed by atoms with Crippen LogP contribution in [0.2, 0.25) is 0 Å². The van der Waals surface area contributed by atoms with Crippen molar-refractivity contribution >= 4 is 5.95 Å². The molecular weight excluding hydrogens is 224 g/mol. The van der Waals surface area contributed by atoms with Crippen LogP contribution in [0.3, 0.4) is 0 Å². The lowest BCUT2D eigenvalue weighted by Gasteiger charge is -2.36. The van der Waals surface area contributed by atoms with Gasteiger partial charge in [-0.15, -0.1) is 0 Å². The molecule has 0 spiro atoms. The number of piperidine rings is 1. The minimum absolute atomic E-state index is 0.452. The number of hydrogen-bond acceptors (Lipinski definition) is 3. The average molecular weight is 250 g/mol. The van der Waals surface area contributed by atoms with Gasteiger partial charge in [0.05, 0.1) is 5.69 Å². The molecule has 0 bridgehead atoms. The molecule has 0 aromatic carbocycles. The Kier molecular flexibility index (Phi) is 4.27. The summed E-state index contributed by atoms with van der Waals surface area (Å²) in [6.07, 6.45) is 6.93. The molecule has 0 amide bonds. The molecule has 102 valence electrons. The van der Waals surface area contributed by atoms with Crippen LogP contribution in [0.15, 0.2) is 6.20 Å². The van der Waals surface area contributed by atoms with E-state index >= 15 is 0 Å². The maximum Gasteiger partial charge on any atom is 0.206 e. The van der Waals surface area contributed by atoms with E-state index in [1.165, 1.54) is 25.0 Å². The maximum absolute atomic E-state index is 5.92. The largest absolute Gasteiger partial charge is 0.338 e. The molecule has 1 saturated heterocycles. The van der Waals surface area contributed by atoms with Crippen molar-refractivity contribution in [2.45, 2.75) is 58.5 Å². The lowest BCUT2D eigenvalue weighted by atomic mass is 10.0. The fourth-order valence-corrected chi connectivity index (χ4v) is 2.71. The average Bonchev–Trinajstić information content (AvgIpc) is 2.83. The van der Waals surface area contributed by atoms with Crippen molar-refractivity contribution in [3.8, 4) is 0 Å². The van der Waals surface area contributed by atoms with E-state index in [1.54, 1.807) is 0 Å². The number of imidazole rings is 1. The topological polar surface area (TPSA) is 47.1 Å². The quantitative estimate of drug-likeness (QED) is 0.892. The third kappa shape index (κ3) is 2.53. The Morgan fingerprint density at radius 2 is 2.22 bits per heavy atom. The molecule has 1 fully saturated rings. The molecule has 4 nitrogen and oxygen atoms in total. The van der Waals surface area contributed by atoms with E-state index in [2.05, 4.69) is 36.4 Å². The Morgan fingerprint density at radius 1 is 1.44 bits per heavy atom. The van der Waals surface area contributed by atoms with Crippen LogP contribution in [0.4, 0.5) is 5.95 Å². The minimum Gasteiger partial charge on any atom is -0.338 e. The first-order valence-corrected chi connectivity index (χ1v) is 7.21. The lowest BCUT2D eigenvalue weighted by Crippen LogP contribution is -2.45.